The van der Waals surface area contributed by atoms with Crippen molar-refractivity contribution in [2.45, 2.75) is 58.1 Å². The van der Waals surface area contributed by atoms with Crippen LogP contribution in [0.5, 0.6) is 0 Å². The standard InChI is InChI=1S/C23H33N5O3/c1-22(2,3)31-21(30)26-23(4)11-15-27(16-12-23)13-9-17-5-7-18(8-6-17)28-14-10-19(24)25-20(28)29/h5-8,10,14H,9,11-13,15-16H2,1-4H3,(H,26,30)(H2,24,25,29). The predicted molar refractivity (Wildman–Crippen MR) is 121 cm³/mol. The largest absolute Gasteiger partial charge is 0.444 e. The fourth-order valence-corrected chi connectivity index (χ4v) is 3.67. The molecule has 0 atom stereocenters. The lowest BCUT2D eigenvalue weighted by Crippen LogP contribution is -2.54. The molecule has 1 fully saturated rings. The number of benzene rings is 1. The number of nitrogens with zero attached hydrogens (tertiary/aromatic N) is 3. The molecule has 8 nitrogen and oxygen atoms in total. The Hall–Kier alpha value is -2.87. The lowest BCUT2D eigenvalue weighted by molar-refractivity contribution is 0.0406. The molecule has 1 amide bonds. The zero-order valence-electron chi connectivity index (χ0n) is 18.9. The Bertz CT molecular complexity index is 954. The SMILES string of the molecule is CC1(NC(=O)OC(C)(C)C)CCN(CCc2ccc(-n3ccc(N)nc3=O)cc2)CC1. The van der Waals surface area contributed by atoms with Crippen molar-refractivity contribution in [3.05, 3.63) is 52.6 Å². The molecule has 0 saturated carbocycles. The quantitative estimate of drug-likeness (QED) is 0.761. The first-order valence-electron chi connectivity index (χ1n) is 10.7. The van der Waals surface area contributed by atoms with Gasteiger partial charge in [-0.15, -0.1) is 0 Å². The van der Waals surface area contributed by atoms with Crippen LogP contribution in [0.1, 0.15) is 46.1 Å². The van der Waals surface area contributed by atoms with Crippen LogP contribution in [0.3, 0.4) is 0 Å². The Morgan fingerprint density at radius 1 is 1.19 bits per heavy atom. The molecule has 8 heteroatoms. The van der Waals surface area contributed by atoms with Gasteiger partial charge in [0.15, 0.2) is 0 Å². The van der Waals surface area contributed by atoms with Crippen LogP contribution in [0.4, 0.5) is 10.6 Å². The summed E-state index contributed by atoms with van der Waals surface area (Å²) in [6.45, 7) is 10.5. The van der Waals surface area contributed by atoms with Gasteiger partial charge in [0.25, 0.3) is 0 Å². The van der Waals surface area contributed by atoms with E-state index in [1.807, 2.05) is 45.0 Å². The highest BCUT2D eigenvalue weighted by molar-refractivity contribution is 5.68. The van der Waals surface area contributed by atoms with Gasteiger partial charge >= 0.3 is 11.8 Å². The molecule has 0 unspecified atom stereocenters. The van der Waals surface area contributed by atoms with E-state index in [0.717, 1.165) is 44.6 Å². The molecule has 0 radical (unpaired) electrons. The molecule has 3 rings (SSSR count). The van der Waals surface area contributed by atoms with Crippen LogP contribution in [-0.2, 0) is 11.2 Å². The number of alkyl carbamates (subject to hydrolysis) is 1. The number of nitrogen functional groups attached to an aromatic ring is 1. The molecule has 2 aromatic rings. The second-order valence-electron chi connectivity index (χ2n) is 9.45. The molecular weight excluding hydrogens is 394 g/mol. The van der Waals surface area contributed by atoms with Crippen molar-refractivity contribution in [1.82, 2.24) is 19.8 Å². The summed E-state index contributed by atoms with van der Waals surface area (Å²) in [6, 6.07) is 9.53. The average Bonchev–Trinajstić information content (AvgIpc) is 2.66. The van der Waals surface area contributed by atoms with Crippen molar-refractivity contribution in [3.63, 3.8) is 0 Å². The summed E-state index contributed by atoms with van der Waals surface area (Å²) < 4.78 is 6.87. The number of nitrogens with two attached hydrogens (primary N) is 1. The molecule has 3 N–H and O–H groups in total. The second-order valence-corrected chi connectivity index (χ2v) is 9.45. The van der Waals surface area contributed by atoms with E-state index in [9.17, 15) is 9.59 Å². The van der Waals surface area contributed by atoms with Crippen LogP contribution < -0.4 is 16.7 Å². The first-order valence-corrected chi connectivity index (χ1v) is 10.7. The third-order valence-electron chi connectivity index (χ3n) is 5.52. The number of nitrogens with one attached hydrogen (secondary N) is 1. The van der Waals surface area contributed by atoms with Crippen molar-refractivity contribution >= 4 is 11.9 Å². The fraction of sp³-hybridized carbons (Fsp3) is 0.522. The number of likely N-dealkylation sites (tertiary alicyclic amines) is 1. The number of amides is 1. The maximum atomic E-state index is 12.1. The number of hydrogen-bond donors (Lipinski definition) is 2. The van der Waals surface area contributed by atoms with Gasteiger partial charge in [-0.3, -0.25) is 4.57 Å². The molecule has 31 heavy (non-hydrogen) atoms. The second kappa shape index (κ2) is 9.09. The van der Waals surface area contributed by atoms with E-state index in [1.54, 1.807) is 12.3 Å². The number of carbonyl (C=O) groups is 1. The van der Waals surface area contributed by atoms with Crippen molar-refractivity contribution in [1.29, 1.82) is 0 Å². The van der Waals surface area contributed by atoms with Crippen LogP contribution in [0.2, 0.25) is 0 Å². The Kier molecular flexibility index (Phi) is 6.69. The van der Waals surface area contributed by atoms with E-state index < -0.39 is 5.60 Å². The first-order chi connectivity index (χ1) is 14.5. The minimum atomic E-state index is -0.491. The summed E-state index contributed by atoms with van der Waals surface area (Å²) in [6.07, 6.45) is 3.98. The lowest BCUT2D eigenvalue weighted by Gasteiger charge is -2.40. The van der Waals surface area contributed by atoms with Gasteiger partial charge in [-0.2, -0.15) is 4.98 Å². The molecule has 1 aromatic carbocycles. The lowest BCUT2D eigenvalue weighted by atomic mass is 9.89. The molecule has 1 aromatic heterocycles. The molecule has 0 spiro atoms. The number of carbonyl (C=O) groups excluding carboxylic acids is 1. The van der Waals surface area contributed by atoms with E-state index in [2.05, 4.69) is 22.1 Å². The minimum Gasteiger partial charge on any atom is -0.444 e. The normalized spacial score (nSPS) is 16.6. The number of rotatable bonds is 5. The van der Waals surface area contributed by atoms with E-state index in [0.29, 0.717) is 0 Å². The van der Waals surface area contributed by atoms with E-state index in [1.165, 1.54) is 10.1 Å². The Balaban J connectivity index is 1.48. The van der Waals surface area contributed by atoms with Crippen molar-refractivity contribution in [2.75, 3.05) is 25.4 Å². The number of piperidine rings is 1. The third-order valence-corrected chi connectivity index (χ3v) is 5.52. The molecule has 1 saturated heterocycles. The summed E-state index contributed by atoms with van der Waals surface area (Å²) in [7, 11) is 0. The molecule has 2 heterocycles. The average molecular weight is 428 g/mol. The highest BCUT2D eigenvalue weighted by Crippen LogP contribution is 2.23. The van der Waals surface area contributed by atoms with Crippen molar-refractivity contribution in [3.8, 4) is 5.69 Å². The fourth-order valence-electron chi connectivity index (χ4n) is 3.67. The molecule has 168 valence electrons. The predicted octanol–water partition coefficient (Wildman–Crippen LogP) is 2.74. The summed E-state index contributed by atoms with van der Waals surface area (Å²) in [5, 5.41) is 3.05. The van der Waals surface area contributed by atoms with Crippen LogP contribution in [0, 0.1) is 0 Å². The van der Waals surface area contributed by atoms with Gasteiger partial charge in [0, 0.05) is 31.4 Å². The van der Waals surface area contributed by atoms with Gasteiger partial charge in [0.05, 0.1) is 5.69 Å². The maximum absolute atomic E-state index is 12.1. The first kappa shape index (κ1) is 22.8. The van der Waals surface area contributed by atoms with Crippen LogP contribution in [0.15, 0.2) is 41.3 Å². The highest BCUT2D eigenvalue weighted by atomic mass is 16.6. The van der Waals surface area contributed by atoms with Crippen LogP contribution in [0.25, 0.3) is 5.69 Å². The van der Waals surface area contributed by atoms with Crippen LogP contribution in [-0.4, -0.2) is 51.3 Å². The summed E-state index contributed by atoms with van der Waals surface area (Å²) in [4.78, 5) is 30.3. The molecular formula is C23H33N5O3. The number of hydrogen-bond acceptors (Lipinski definition) is 6. The minimum absolute atomic E-state index is 0.219. The summed E-state index contributed by atoms with van der Waals surface area (Å²) in [5.41, 5.74) is 6.41. The maximum Gasteiger partial charge on any atom is 0.408 e. The summed E-state index contributed by atoms with van der Waals surface area (Å²) >= 11 is 0. The van der Waals surface area contributed by atoms with Crippen molar-refractivity contribution < 1.29 is 9.53 Å². The Morgan fingerprint density at radius 3 is 2.42 bits per heavy atom. The molecule has 0 aliphatic carbocycles. The van der Waals surface area contributed by atoms with Gasteiger partial charge < -0.3 is 20.7 Å². The summed E-state index contributed by atoms with van der Waals surface area (Å²) in [5.74, 6) is 0.219. The van der Waals surface area contributed by atoms with E-state index in [-0.39, 0.29) is 23.1 Å². The van der Waals surface area contributed by atoms with E-state index >= 15 is 0 Å². The monoisotopic (exact) mass is 427 g/mol. The third kappa shape index (κ3) is 6.55. The van der Waals surface area contributed by atoms with Gasteiger partial charge in [0.2, 0.25) is 0 Å². The molecule has 1 aliphatic rings. The number of anilines is 1. The zero-order chi connectivity index (χ0) is 22.6. The topological polar surface area (TPSA) is 102 Å². The number of ether oxygens (including phenoxy) is 1. The van der Waals surface area contributed by atoms with Gasteiger partial charge in [-0.25, -0.2) is 9.59 Å². The number of aromatic nitrogens is 2. The molecule has 0 bridgehead atoms. The van der Waals surface area contributed by atoms with Gasteiger partial charge in [-0.1, -0.05) is 12.1 Å². The Labute approximate surface area is 183 Å². The van der Waals surface area contributed by atoms with E-state index in [4.69, 9.17) is 10.5 Å². The van der Waals surface area contributed by atoms with Crippen LogP contribution >= 0.6 is 0 Å². The van der Waals surface area contributed by atoms with Crippen molar-refractivity contribution in [2.24, 2.45) is 0 Å². The molecule has 1 aliphatic heterocycles. The highest BCUT2D eigenvalue weighted by Gasteiger charge is 2.32. The Morgan fingerprint density at radius 2 is 1.84 bits per heavy atom. The van der Waals surface area contributed by atoms with Gasteiger partial charge in [0.1, 0.15) is 11.4 Å². The smallest absolute Gasteiger partial charge is 0.408 e. The zero-order valence-corrected chi connectivity index (χ0v) is 18.9. The van der Waals surface area contributed by atoms with Gasteiger partial charge in [-0.05, 0) is 70.7 Å².